The minimum atomic E-state index is -0.234. The van der Waals surface area contributed by atoms with Gasteiger partial charge < -0.3 is 0 Å². The molecule has 69 heavy (non-hydrogen) atoms. The van der Waals surface area contributed by atoms with Gasteiger partial charge in [-0.1, -0.05) is 206 Å². The molecule has 0 fully saturated rings. The van der Waals surface area contributed by atoms with Crippen molar-refractivity contribution in [1.29, 1.82) is 0 Å². The summed E-state index contributed by atoms with van der Waals surface area (Å²) in [6.45, 7) is 33.0. The van der Waals surface area contributed by atoms with Crippen molar-refractivity contribution >= 4 is 50.5 Å². The fraction of sp³-hybridized carbons (Fsp3) is 0.294. The van der Waals surface area contributed by atoms with E-state index in [9.17, 15) is 0 Å². The molecule has 8 aromatic carbocycles. The topological polar surface area (TPSA) is 0 Å². The SMILES string of the molecule is C#C/C(=C\C=C/Cc1cccc(-c2ccc3c(c2)c2cc(-c4cc(C(C)(C)C)cc(C(C)(C)C)c4)cc4c2c2c(cc(-c5cc(C(C)(C)C)cc(C(C)(C)C)c5)cc32)C4(C)C)c1)c1ccccc1S. The fourth-order valence-corrected chi connectivity index (χ4v) is 10.7. The molecule has 8 aromatic rings. The quantitative estimate of drug-likeness (QED) is 0.0700. The summed E-state index contributed by atoms with van der Waals surface area (Å²) in [7, 11) is 0. The predicted molar refractivity (Wildman–Crippen MR) is 306 cm³/mol. The molecule has 0 aliphatic heterocycles. The van der Waals surface area contributed by atoms with Crippen molar-refractivity contribution in [2.24, 2.45) is 0 Å². The van der Waals surface area contributed by atoms with Crippen LogP contribution in [0.2, 0.25) is 0 Å². The minimum Gasteiger partial charge on any atom is -0.143 e. The number of thiol groups is 1. The third-order valence-corrected chi connectivity index (χ3v) is 15.2. The van der Waals surface area contributed by atoms with Crippen molar-refractivity contribution in [3.8, 4) is 45.7 Å². The molecule has 0 unspecified atom stereocenters. The first-order valence-corrected chi connectivity index (χ1v) is 25.3. The third-order valence-electron chi connectivity index (χ3n) is 14.8. The molecule has 9 rings (SSSR count). The lowest BCUT2D eigenvalue weighted by molar-refractivity contribution is 0.568. The van der Waals surface area contributed by atoms with E-state index in [1.807, 2.05) is 30.3 Å². The summed E-state index contributed by atoms with van der Waals surface area (Å²) in [6.07, 6.45) is 13.0. The smallest absolute Gasteiger partial charge is 0.0326 e. The molecule has 0 amide bonds. The Balaban J connectivity index is 1.26. The van der Waals surface area contributed by atoms with Gasteiger partial charge >= 0.3 is 0 Å². The van der Waals surface area contributed by atoms with Crippen LogP contribution in [0.15, 0.2) is 151 Å². The normalized spacial score (nSPS) is 14.2. The van der Waals surface area contributed by atoms with Crippen molar-refractivity contribution in [3.63, 3.8) is 0 Å². The van der Waals surface area contributed by atoms with Gasteiger partial charge in [0.2, 0.25) is 0 Å². The zero-order valence-electron chi connectivity index (χ0n) is 43.6. The molecule has 0 bridgehead atoms. The second kappa shape index (κ2) is 17.1. The maximum Gasteiger partial charge on any atom is 0.0326 e. The minimum absolute atomic E-state index is 0.00457. The zero-order chi connectivity index (χ0) is 49.6. The highest BCUT2D eigenvalue weighted by Gasteiger charge is 2.37. The molecule has 0 saturated carbocycles. The van der Waals surface area contributed by atoms with Gasteiger partial charge in [-0.3, -0.25) is 0 Å². The molecule has 0 aromatic heterocycles. The summed E-state index contributed by atoms with van der Waals surface area (Å²) >= 11 is 4.64. The van der Waals surface area contributed by atoms with Crippen molar-refractivity contribution in [1.82, 2.24) is 0 Å². The number of hydrogen-bond donors (Lipinski definition) is 1. The van der Waals surface area contributed by atoms with E-state index in [0.717, 1.165) is 22.5 Å². The Morgan fingerprint density at radius 3 is 1.45 bits per heavy atom. The fourth-order valence-electron chi connectivity index (χ4n) is 10.4. The Morgan fingerprint density at radius 2 is 0.957 bits per heavy atom. The first-order valence-electron chi connectivity index (χ1n) is 24.9. The molecule has 0 radical (unpaired) electrons. The number of terminal acetylenes is 1. The summed E-state index contributed by atoms with van der Waals surface area (Å²) in [5.74, 6) is 2.85. The van der Waals surface area contributed by atoms with Gasteiger partial charge in [0.05, 0.1) is 0 Å². The molecule has 348 valence electrons. The Kier molecular flexibility index (Phi) is 11.9. The summed E-state index contributed by atoms with van der Waals surface area (Å²) in [5, 5.41) is 8.04. The lowest BCUT2D eigenvalue weighted by Crippen LogP contribution is -2.17. The molecule has 0 N–H and O–H groups in total. The molecule has 0 saturated heterocycles. The maximum absolute atomic E-state index is 5.95. The van der Waals surface area contributed by atoms with Gasteiger partial charge in [0, 0.05) is 21.4 Å². The van der Waals surface area contributed by atoms with Crippen LogP contribution >= 0.6 is 12.6 Å². The van der Waals surface area contributed by atoms with Crippen LogP contribution in [-0.2, 0) is 33.5 Å². The Hall–Kier alpha value is -6.07. The number of hydrogen-bond acceptors (Lipinski definition) is 1. The predicted octanol–water partition coefficient (Wildman–Crippen LogP) is 19.1. The molecule has 0 atom stereocenters. The van der Waals surface area contributed by atoms with Crippen LogP contribution in [0.5, 0.6) is 0 Å². The first-order chi connectivity index (χ1) is 32.3. The maximum atomic E-state index is 5.95. The van der Waals surface area contributed by atoms with Crippen LogP contribution in [0.3, 0.4) is 0 Å². The zero-order valence-corrected chi connectivity index (χ0v) is 44.5. The number of allylic oxidation sites excluding steroid dienone is 4. The molecular weight excluding hydrogens is 849 g/mol. The monoisotopic (exact) mass is 919 g/mol. The Labute approximate surface area is 419 Å². The second-order valence-corrected chi connectivity index (χ2v) is 24.9. The van der Waals surface area contributed by atoms with Gasteiger partial charge in [0.25, 0.3) is 0 Å². The van der Waals surface area contributed by atoms with Crippen LogP contribution in [0.1, 0.15) is 141 Å². The van der Waals surface area contributed by atoms with E-state index in [4.69, 9.17) is 6.42 Å². The summed E-state index contributed by atoms with van der Waals surface area (Å²) in [4.78, 5) is 0.877. The molecule has 0 nitrogen and oxygen atoms in total. The standard InChI is InChI=1S/C68H70S/c1-16-43(54-26-19-20-27-61(54)69)24-18-17-22-42-23-21-25-44(30-42)45-28-29-55-56(35-45)58-37-49(47-33-52(66(8,9)10)41-53(34-47)67(11,12)13)39-60-63(58)62-57(55)36-48(38-59(62)68(60,14)15)46-31-50(64(2,3)4)40-51(32-46)65(5,6)7/h1,17-21,23-41,69H,22H2,2-15H3/b18-17-,43-24+. The first kappa shape index (κ1) is 48.0. The van der Waals surface area contributed by atoms with Crippen molar-refractivity contribution in [2.45, 2.75) is 135 Å². The molecular formula is C68H70S. The van der Waals surface area contributed by atoms with Crippen LogP contribution in [0, 0.1) is 12.3 Å². The van der Waals surface area contributed by atoms with Crippen LogP contribution in [0.4, 0.5) is 0 Å². The average molecular weight is 919 g/mol. The highest BCUT2D eigenvalue weighted by molar-refractivity contribution is 7.80. The van der Waals surface area contributed by atoms with E-state index in [2.05, 4.69) is 231 Å². The second-order valence-electron chi connectivity index (χ2n) is 24.5. The van der Waals surface area contributed by atoms with Gasteiger partial charge in [-0.25, -0.2) is 0 Å². The number of fused-ring (bicyclic) bond motifs is 3. The van der Waals surface area contributed by atoms with Gasteiger partial charge in [-0.05, 0) is 175 Å². The number of benzene rings is 8. The van der Waals surface area contributed by atoms with Crippen molar-refractivity contribution in [2.75, 3.05) is 0 Å². The molecule has 0 spiro atoms. The van der Waals surface area contributed by atoms with Crippen LogP contribution in [0.25, 0.3) is 71.3 Å². The molecule has 1 heteroatoms. The van der Waals surface area contributed by atoms with E-state index in [1.165, 1.54) is 105 Å². The highest BCUT2D eigenvalue weighted by atomic mass is 32.1. The Morgan fingerprint density at radius 1 is 0.493 bits per heavy atom. The lowest BCUT2D eigenvalue weighted by atomic mass is 9.77. The van der Waals surface area contributed by atoms with Crippen molar-refractivity contribution in [3.05, 3.63) is 190 Å². The van der Waals surface area contributed by atoms with Crippen LogP contribution in [-0.4, -0.2) is 0 Å². The Bertz CT molecular complexity index is 3410. The summed E-state index contributed by atoms with van der Waals surface area (Å²) in [5.41, 5.74) is 18.7. The van der Waals surface area contributed by atoms with E-state index in [0.29, 0.717) is 0 Å². The van der Waals surface area contributed by atoms with Gasteiger partial charge in [0.15, 0.2) is 0 Å². The molecule has 1 aliphatic rings. The van der Waals surface area contributed by atoms with E-state index >= 15 is 0 Å². The summed E-state index contributed by atoms with van der Waals surface area (Å²) < 4.78 is 0. The van der Waals surface area contributed by atoms with E-state index in [-0.39, 0.29) is 27.1 Å². The highest BCUT2D eigenvalue weighted by Crippen LogP contribution is 2.54. The van der Waals surface area contributed by atoms with Crippen molar-refractivity contribution < 1.29 is 0 Å². The molecule has 1 aliphatic carbocycles. The lowest BCUT2D eigenvalue weighted by Gasteiger charge is -2.27. The van der Waals surface area contributed by atoms with E-state index < -0.39 is 0 Å². The summed E-state index contributed by atoms with van der Waals surface area (Å²) in [6, 6.07) is 49.0. The number of rotatable bonds is 7. The van der Waals surface area contributed by atoms with Gasteiger partial charge in [-0.2, -0.15) is 0 Å². The van der Waals surface area contributed by atoms with Crippen LogP contribution < -0.4 is 0 Å². The molecule has 0 heterocycles. The largest absolute Gasteiger partial charge is 0.143 e. The van der Waals surface area contributed by atoms with Gasteiger partial charge in [-0.15, -0.1) is 19.1 Å². The van der Waals surface area contributed by atoms with Gasteiger partial charge in [0.1, 0.15) is 0 Å². The average Bonchev–Trinajstić information content (AvgIpc) is 3.52. The third kappa shape index (κ3) is 9.03. The van der Waals surface area contributed by atoms with E-state index in [1.54, 1.807) is 0 Å².